The maximum atomic E-state index is 13.2. The van der Waals surface area contributed by atoms with E-state index in [1.807, 2.05) is 37.3 Å². The van der Waals surface area contributed by atoms with Crippen molar-refractivity contribution in [3.05, 3.63) is 65.7 Å². The Morgan fingerprint density at radius 2 is 1.81 bits per heavy atom. The zero-order chi connectivity index (χ0) is 22.4. The molecule has 2 atom stereocenters. The predicted octanol–water partition coefficient (Wildman–Crippen LogP) is 3.75. The van der Waals surface area contributed by atoms with Gasteiger partial charge in [0.05, 0.1) is 12.0 Å². The first-order valence-corrected chi connectivity index (χ1v) is 10.7. The van der Waals surface area contributed by atoms with Gasteiger partial charge in [0.1, 0.15) is 18.3 Å². The highest BCUT2D eigenvalue weighted by atomic mass is 32.1. The molecule has 1 fully saturated rings. The third-order valence-corrected chi connectivity index (χ3v) is 5.53. The van der Waals surface area contributed by atoms with Gasteiger partial charge in [-0.05, 0) is 42.5 Å². The Bertz CT molecular complexity index is 919. The third kappa shape index (κ3) is 5.38. The summed E-state index contributed by atoms with van der Waals surface area (Å²) in [5.74, 6) is -1.00. The summed E-state index contributed by atoms with van der Waals surface area (Å²) in [7, 11) is 0. The highest BCUT2D eigenvalue weighted by molar-refractivity contribution is 7.80. The van der Waals surface area contributed by atoms with Crippen molar-refractivity contribution in [3.8, 4) is 5.75 Å². The molecule has 1 N–H and O–H groups in total. The summed E-state index contributed by atoms with van der Waals surface area (Å²) in [6.45, 7) is 2.00. The highest BCUT2D eigenvalue weighted by Gasteiger charge is 2.48. The van der Waals surface area contributed by atoms with Gasteiger partial charge in [-0.1, -0.05) is 49.4 Å². The van der Waals surface area contributed by atoms with Crippen LogP contribution in [-0.4, -0.2) is 51.3 Å². The van der Waals surface area contributed by atoms with E-state index in [4.69, 9.17) is 4.74 Å². The molecule has 2 unspecified atom stereocenters. The summed E-state index contributed by atoms with van der Waals surface area (Å²) < 4.78 is 5.56. The molecule has 1 saturated heterocycles. The molecule has 0 aliphatic carbocycles. The zero-order valence-corrected chi connectivity index (χ0v) is 18.2. The Balaban J connectivity index is 1.80. The maximum Gasteiger partial charge on any atom is 0.329 e. The molecule has 7 nitrogen and oxygen atoms in total. The molecular formula is C23H26N2O5S. The standard InChI is InChI=1S/C23H26N2O5S/c1-2-14-30-18-11-9-17(10-12-18)21-22(28)25(23(29)24(21)15-20(26)27)19(31)13-8-16-6-4-3-5-7-16/h3-7,9-12,19,21,31H,2,8,13-15H2,1H3,(H,26,27). The Labute approximate surface area is 187 Å². The summed E-state index contributed by atoms with van der Waals surface area (Å²) in [6, 6.07) is 14.9. The first-order chi connectivity index (χ1) is 14.9. The van der Waals surface area contributed by atoms with Gasteiger partial charge in [-0.15, -0.1) is 0 Å². The van der Waals surface area contributed by atoms with Crippen LogP contribution in [0.1, 0.15) is 36.9 Å². The molecule has 3 rings (SSSR count). The normalized spacial score (nSPS) is 17.2. The van der Waals surface area contributed by atoms with Gasteiger partial charge in [0.25, 0.3) is 5.91 Å². The topological polar surface area (TPSA) is 87.2 Å². The number of imide groups is 1. The van der Waals surface area contributed by atoms with Crippen molar-refractivity contribution in [2.24, 2.45) is 0 Å². The van der Waals surface area contributed by atoms with E-state index < -0.39 is 35.9 Å². The second-order valence-corrected chi connectivity index (χ2v) is 7.93. The van der Waals surface area contributed by atoms with Crippen LogP contribution in [0.3, 0.4) is 0 Å². The second kappa shape index (κ2) is 10.3. The molecular weight excluding hydrogens is 416 g/mol. The molecule has 1 aliphatic rings. The average molecular weight is 443 g/mol. The van der Waals surface area contributed by atoms with Gasteiger partial charge in [-0.25, -0.2) is 9.69 Å². The number of ether oxygens (including phenoxy) is 1. The number of aryl methyl sites for hydroxylation is 1. The molecule has 0 saturated carbocycles. The maximum absolute atomic E-state index is 13.2. The van der Waals surface area contributed by atoms with Gasteiger partial charge in [-0.2, -0.15) is 12.6 Å². The van der Waals surface area contributed by atoms with Crippen LogP contribution in [0.2, 0.25) is 0 Å². The fourth-order valence-corrected chi connectivity index (χ4v) is 3.89. The first kappa shape index (κ1) is 22.7. The Hall–Kier alpha value is -3.00. The summed E-state index contributed by atoms with van der Waals surface area (Å²) in [4.78, 5) is 39.7. The number of nitrogens with zero attached hydrogens (tertiary/aromatic N) is 2. The Kier molecular flexibility index (Phi) is 7.57. The lowest BCUT2D eigenvalue weighted by atomic mass is 10.1. The van der Waals surface area contributed by atoms with Crippen LogP contribution in [0.4, 0.5) is 4.79 Å². The number of hydrogen-bond donors (Lipinski definition) is 2. The largest absolute Gasteiger partial charge is 0.494 e. The van der Waals surface area contributed by atoms with Crippen LogP contribution in [0, 0.1) is 0 Å². The lowest BCUT2D eigenvalue weighted by Crippen LogP contribution is -2.40. The molecule has 0 spiro atoms. The second-order valence-electron chi connectivity index (χ2n) is 7.34. The fraction of sp³-hybridized carbons (Fsp3) is 0.348. The van der Waals surface area contributed by atoms with E-state index in [2.05, 4.69) is 12.6 Å². The van der Waals surface area contributed by atoms with Gasteiger partial charge in [-0.3, -0.25) is 14.5 Å². The fourth-order valence-electron chi connectivity index (χ4n) is 3.55. The van der Waals surface area contributed by atoms with E-state index in [0.717, 1.165) is 21.8 Å². The smallest absolute Gasteiger partial charge is 0.329 e. The number of aliphatic carboxylic acids is 1. The summed E-state index contributed by atoms with van der Waals surface area (Å²) >= 11 is 4.50. The third-order valence-electron chi connectivity index (χ3n) is 5.04. The molecule has 3 amide bonds. The number of rotatable bonds is 10. The Morgan fingerprint density at radius 1 is 1.13 bits per heavy atom. The van der Waals surface area contributed by atoms with Crippen LogP contribution in [0.15, 0.2) is 54.6 Å². The minimum absolute atomic E-state index is 0.460. The van der Waals surface area contributed by atoms with E-state index in [0.29, 0.717) is 30.8 Å². The van der Waals surface area contributed by atoms with Crippen LogP contribution >= 0.6 is 12.6 Å². The Morgan fingerprint density at radius 3 is 2.42 bits per heavy atom. The molecule has 2 aromatic carbocycles. The number of amides is 3. The van der Waals surface area contributed by atoms with Gasteiger partial charge in [0.2, 0.25) is 0 Å². The van der Waals surface area contributed by atoms with E-state index in [1.165, 1.54) is 0 Å². The van der Waals surface area contributed by atoms with E-state index in [9.17, 15) is 19.5 Å². The molecule has 0 aromatic heterocycles. The van der Waals surface area contributed by atoms with E-state index in [-0.39, 0.29) is 0 Å². The van der Waals surface area contributed by atoms with Crippen LogP contribution in [-0.2, 0) is 16.0 Å². The number of urea groups is 1. The van der Waals surface area contributed by atoms with Gasteiger partial charge >= 0.3 is 12.0 Å². The average Bonchev–Trinajstić information content (AvgIpc) is 3.00. The minimum Gasteiger partial charge on any atom is -0.494 e. The number of carboxylic acid groups (broad SMARTS) is 1. The van der Waals surface area contributed by atoms with Crippen molar-refractivity contribution in [2.75, 3.05) is 13.2 Å². The van der Waals surface area contributed by atoms with E-state index in [1.54, 1.807) is 24.3 Å². The van der Waals surface area contributed by atoms with Crippen molar-refractivity contribution >= 4 is 30.5 Å². The van der Waals surface area contributed by atoms with Crippen LogP contribution in [0.25, 0.3) is 0 Å². The summed E-state index contributed by atoms with van der Waals surface area (Å²) in [5.41, 5.74) is 1.61. The molecule has 0 bridgehead atoms. The van der Waals surface area contributed by atoms with Crippen LogP contribution < -0.4 is 4.74 Å². The molecule has 8 heteroatoms. The first-order valence-electron chi connectivity index (χ1n) is 10.2. The lowest BCUT2D eigenvalue weighted by Gasteiger charge is -2.22. The monoisotopic (exact) mass is 442 g/mol. The van der Waals surface area contributed by atoms with Gasteiger partial charge in [0.15, 0.2) is 0 Å². The van der Waals surface area contributed by atoms with Crippen molar-refractivity contribution in [1.82, 2.24) is 9.80 Å². The number of carboxylic acids is 1. The lowest BCUT2D eigenvalue weighted by molar-refractivity contribution is -0.138. The molecule has 1 heterocycles. The SMILES string of the molecule is CCCOc1ccc(C2C(=O)N(C(S)CCc3ccccc3)C(=O)N2CC(=O)O)cc1. The molecule has 0 radical (unpaired) electrons. The number of carbonyl (C=O) groups excluding carboxylic acids is 2. The zero-order valence-electron chi connectivity index (χ0n) is 17.3. The van der Waals surface area contributed by atoms with Crippen LogP contribution in [0.5, 0.6) is 5.75 Å². The van der Waals surface area contributed by atoms with E-state index >= 15 is 0 Å². The molecule has 1 aliphatic heterocycles. The van der Waals surface area contributed by atoms with Crippen molar-refractivity contribution in [1.29, 1.82) is 0 Å². The number of carbonyl (C=O) groups is 3. The quantitative estimate of drug-likeness (QED) is 0.432. The minimum atomic E-state index is -1.18. The number of benzene rings is 2. The van der Waals surface area contributed by atoms with Crippen molar-refractivity contribution < 1.29 is 24.2 Å². The molecule has 164 valence electrons. The summed E-state index contributed by atoms with van der Waals surface area (Å²) in [6.07, 6.45) is 1.96. The molecule has 2 aromatic rings. The number of hydrogen-bond acceptors (Lipinski definition) is 5. The number of thiol groups is 1. The highest BCUT2D eigenvalue weighted by Crippen LogP contribution is 2.34. The predicted molar refractivity (Wildman–Crippen MR) is 119 cm³/mol. The van der Waals surface area contributed by atoms with Crippen molar-refractivity contribution in [2.45, 2.75) is 37.6 Å². The van der Waals surface area contributed by atoms with Crippen molar-refractivity contribution in [3.63, 3.8) is 0 Å². The summed E-state index contributed by atoms with van der Waals surface area (Å²) in [5, 5.41) is 8.64. The van der Waals surface area contributed by atoms with Gasteiger partial charge < -0.3 is 9.84 Å². The molecule has 31 heavy (non-hydrogen) atoms. The van der Waals surface area contributed by atoms with Gasteiger partial charge in [0, 0.05) is 0 Å².